The second kappa shape index (κ2) is 3.93. The smallest absolute Gasteiger partial charge is 0.116 e. The summed E-state index contributed by atoms with van der Waals surface area (Å²) in [7, 11) is 0. The van der Waals surface area contributed by atoms with Crippen molar-refractivity contribution in [1.82, 2.24) is 9.38 Å². The van der Waals surface area contributed by atoms with Crippen LogP contribution in [0.25, 0.3) is 5.52 Å². The molecule has 2 aromatic heterocycles. The first-order chi connectivity index (χ1) is 7.50. The zero-order chi connectivity index (χ0) is 11.9. The molecule has 2 nitrogen and oxygen atoms in total. The van der Waals surface area contributed by atoms with Crippen LogP contribution >= 0.6 is 0 Å². The summed E-state index contributed by atoms with van der Waals surface area (Å²) in [5.74, 6) is 2.11. The average Bonchev–Trinajstić information content (AvgIpc) is 2.56. The molecule has 2 heteroatoms. The normalized spacial score (nSPS) is 11.9. The van der Waals surface area contributed by atoms with E-state index in [4.69, 9.17) is 4.98 Å². The molecule has 0 atom stereocenters. The fraction of sp³-hybridized carbons (Fsp3) is 0.500. The van der Waals surface area contributed by atoms with Crippen LogP contribution in [-0.2, 0) is 0 Å². The van der Waals surface area contributed by atoms with Gasteiger partial charge in [0.1, 0.15) is 5.82 Å². The Morgan fingerprint density at radius 2 is 1.75 bits per heavy atom. The van der Waals surface area contributed by atoms with Crippen molar-refractivity contribution in [2.24, 2.45) is 0 Å². The summed E-state index contributed by atoms with van der Waals surface area (Å²) in [6.45, 7) is 10.9. The Morgan fingerprint density at radius 3 is 2.31 bits per heavy atom. The van der Waals surface area contributed by atoms with Crippen LogP contribution < -0.4 is 0 Å². The molecule has 2 heterocycles. The Labute approximate surface area is 97.3 Å². The first-order valence-corrected chi connectivity index (χ1v) is 5.99. The van der Waals surface area contributed by atoms with Crippen LogP contribution in [0.2, 0.25) is 0 Å². The van der Waals surface area contributed by atoms with Crippen LogP contribution in [0, 0.1) is 6.92 Å². The molecule has 0 N–H and O–H groups in total. The summed E-state index contributed by atoms with van der Waals surface area (Å²) in [6, 6.07) is 4.34. The van der Waals surface area contributed by atoms with E-state index in [1.165, 1.54) is 22.6 Å². The molecular weight excluding hydrogens is 196 g/mol. The fourth-order valence-electron chi connectivity index (χ4n) is 2.07. The summed E-state index contributed by atoms with van der Waals surface area (Å²) in [6.07, 6.45) is 2.18. The largest absolute Gasteiger partial charge is 0.303 e. The van der Waals surface area contributed by atoms with E-state index in [1.54, 1.807) is 0 Å². The van der Waals surface area contributed by atoms with Crippen molar-refractivity contribution in [1.29, 1.82) is 0 Å². The lowest BCUT2D eigenvalue weighted by Gasteiger charge is -2.04. The second-order valence-electron chi connectivity index (χ2n) is 5.13. The van der Waals surface area contributed by atoms with Crippen LogP contribution in [0.3, 0.4) is 0 Å². The Kier molecular flexibility index (Phi) is 2.75. The molecule has 0 fully saturated rings. The molecule has 0 bridgehead atoms. The molecule has 0 aromatic carbocycles. The van der Waals surface area contributed by atoms with Gasteiger partial charge < -0.3 is 4.40 Å². The van der Waals surface area contributed by atoms with E-state index in [9.17, 15) is 0 Å². The predicted octanol–water partition coefficient (Wildman–Crippen LogP) is 3.89. The van der Waals surface area contributed by atoms with Crippen LogP contribution in [0.4, 0.5) is 0 Å². The van der Waals surface area contributed by atoms with Gasteiger partial charge in [-0.25, -0.2) is 4.98 Å². The van der Waals surface area contributed by atoms with Gasteiger partial charge in [-0.2, -0.15) is 0 Å². The summed E-state index contributed by atoms with van der Waals surface area (Å²) in [4.78, 5) is 4.79. The van der Waals surface area contributed by atoms with Gasteiger partial charge in [0.15, 0.2) is 0 Å². The quantitative estimate of drug-likeness (QED) is 0.744. The molecule has 0 aliphatic heterocycles. The summed E-state index contributed by atoms with van der Waals surface area (Å²) in [5, 5.41) is 0. The number of nitrogens with zero attached hydrogens (tertiary/aromatic N) is 2. The summed E-state index contributed by atoms with van der Waals surface area (Å²) in [5.41, 5.74) is 3.75. The number of rotatable bonds is 2. The van der Waals surface area contributed by atoms with E-state index in [0.29, 0.717) is 11.8 Å². The van der Waals surface area contributed by atoms with Gasteiger partial charge in [0.05, 0.1) is 11.2 Å². The first kappa shape index (κ1) is 11.2. The van der Waals surface area contributed by atoms with Gasteiger partial charge in [-0.1, -0.05) is 33.8 Å². The third-order valence-corrected chi connectivity index (χ3v) is 2.90. The van der Waals surface area contributed by atoms with Crippen molar-refractivity contribution in [2.45, 2.75) is 46.5 Å². The Hall–Kier alpha value is -1.31. The van der Waals surface area contributed by atoms with Crippen LogP contribution in [0.15, 0.2) is 18.3 Å². The van der Waals surface area contributed by atoms with E-state index in [2.05, 4.69) is 57.3 Å². The van der Waals surface area contributed by atoms with E-state index >= 15 is 0 Å². The van der Waals surface area contributed by atoms with E-state index < -0.39 is 0 Å². The highest BCUT2D eigenvalue weighted by Crippen LogP contribution is 2.25. The van der Waals surface area contributed by atoms with E-state index in [0.717, 1.165) is 0 Å². The minimum absolute atomic E-state index is 0.460. The number of imidazole rings is 1. The fourth-order valence-corrected chi connectivity index (χ4v) is 2.07. The van der Waals surface area contributed by atoms with Gasteiger partial charge in [0, 0.05) is 12.1 Å². The molecule has 0 spiro atoms. The van der Waals surface area contributed by atoms with Crippen LogP contribution in [0.1, 0.15) is 56.6 Å². The molecule has 0 saturated carbocycles. The van der Waals surface area contributed by atoms with Gasteiger partial charge in [-0.15, -0.1) is 0 Å². The lowest BCUT2D eigenvalue weighted by molar-refractivity contribution is 0.754. The van der Waals surface area contributed by atoms with Crippen molar-refractivity contribution in [2.75, 3.05) is 0 Å². The topological polar surface area (TPSA) is 17.3 Å². The maximum atomic E-state index is 4.79. The number of aryl methyl sites for hydroxylation is 1. The van der Waals surface area contributed by atoms with Crippen molar-refractivity contribution < 1.29 is 0 Å². The molecule has 16 heavy (non-hydrogen) atoms. The molecule has 2 aromatic rings. The molecular formula is C14H20N2. The minimum Gasteiger partial charge on any atom is -0.303 e. The highest BCUT2D eigenvalue weighted by molar-refractivity contribution is 5.55. The Morgan fingerprint density at radius 1 is 1.06 bits per heavy atom. The van der Waals surface area contributed by atoms with Gasteiger partial charge in [-0.05, 0) is 24.5 Å². The number of hydrogen-bond acceptors (Lipinski definition) is 1. The van der Waals surface area contributed by atoms with Crippen molar-refractivity contribution >= 4 is 5.52 Å². The first-order valence-electron chi connectivity index (χ1n) is 5.99. The Bertz CT molecular complexity index is 507. The molecule has 0 aliphatic rings. The number of hydrogen-bond donors (Lipinski definition) is 0. The monoisotopic (exact) mass is 216 g/mol. The third kappa shape index (κ3) is 1.73. The van der Waals surface area contributed by atoms with Gasteiger partial charge in [0.2, 0.25) is 0 Å². The van der Waals surface area contributed by atoms with Crippen LogP contribution in [0.5, 0.6) is 0 Å². The van der Waals surface area contributed by atoms with E-state index in [-0.39, 0.29) is 0 Å². The minimum atomic E-state index is 0.460. The summed E-state index contributed by atoms with van der Waals surface area (Å²) >= 11 is 0. The molecule has 86 valence electrons. The summed E-state index contributed by atoms with van der Waals surface area (Å²) < 4.78 is 2.25. The standard InChI is InChI=1S/C14H20N2/c1-9(2)13-12-7-6-11(5)8-16(12)14(15-13)10(3)4/h6-10H,1-5H3. The number of aromatic nitrogens is 2. The number of pyridine rings is 1. The Balaban J connectivity index is 2.76. The SMILES string of the molecule is Cc1ccc2c(C(C)C)nc(C(C)C)n2c1. The van der Waals surface area contributed by atoms with Crippen LogP contribution in [-0.4, -0.2) is 9.38 Å². The van der Waals surface area contributed by atoms with E-state index in [1.807, 2.05) is 0 Å². The lowest BCUT2D eigenvalue weighted by atomic mass is 10.1. The van der Waals surface area contributed by atoms with Gasteiger partial charge in [-0.3, -0.25) is 0 Å². The average molecular weight is 216 g/mol. The maximum absolute atomic E-state index is 4.79. The predicted molar refractivity (Wildman–Crippen MR) is 68.1 cm³/mol. The van der Waals surface area contributed by atoms with Crippen molar-refractivity contribution in [3.8, 4) is 0 Å². The molecule has 0 aliphatic carbocycles. The highest BCUT2D eigenvalue weighted by atomic mass is 15.0. The molecule has 2 rings (SSSR count). The highest BCUT2D eigenvalue weighted by Gasteiger charge is 2.15. The zero-order valence-corrected chi connectivity index (χ0v) is 10.8. The zero-order valence-electron chi connectivity index (χ0n) is 10.8. The number of fused-ring (bicyclic) bond motifs is 1. The molecule has 0 saturated heterocycles. The van der Waals surface area contributed by atoms with Gasteiger partial charge in [0.25, 0.3) is 0 Å². The lowest BCUT2D eigenvalue weighted by Crippen LogP contribution is -1.96. The molecule has 0 unspecified atom stereocenters. The third-order valence-electron chi connectivity index (χ3n) is 2.90. The van der Waals surface area contributed by atoms with Gasteiger partial charge >= 0.3 is 0 Å². The van der Waals surface area contributed by atoms with Crippen molar-refractivity contribution in [3.63, 3.8) is 0 Å². The van der Waals surface area contributed by atoms with Crippen molar-refractivity contribution in [3.05, 3.63) is 35.4 Å². The maximum Gasteiger partial charge on any atom is 0.116 e. The molecule has 0 radical (unpaired) electrons. The second-order valence-corrected chi connectivity index (χ2v) is 5.13. The molecule has 0 amide bonds.